The SMILES string of the molecule is NC(=O)N1CCCN(S(=O)(=O)c2cccc(Cl)c2F)CC1. The Morgan fingerprint density at radius 3 is 2.62 bits per heavy atom. The maximum atomic E-state index is 13.9. The molecule has 21 heavy (non-hydrogen) atoms. The number of carbonyl (C=O) groups is 1. The third-order valence-electron chi connectivity index (χ3n) is 3.30. The van der Waals surface area contributed by atoms with Crippen LogP contribution < -0.4 is 5.73 Å². The van der Waals surface area contributed by atoms with E-state index in [2.05, 4.69) is 0 Å². The van der Waals surface area contributed by atoms with Gasteiger partial charge in [-0.15, -0.1) is 0 Å². The molecule has 1 aliphatic rings. The zero-order chi connectivity index (χ0) is 15.6. The lowest BCUT2D eigenvalue weighted by molar-refractivity contribution is 0.210. The van der Waals surface area contributed by atoms with Crippen molar-refractivity contribution in [2.24, 2.45) is 5.73 Å². The Bertz CT molecular complexity index is 653. The standard InChI is InChI=1S/C12H15ClFN3O3S/c13-9-3-1-4-10(11(9)14)21(19,20)17-6-2-5-16(7-8-17)12(15)18/h1,3-4H,2,5-8H2,(H2,15,18). The lowest BCUT2D eigenvalue weighted by Gasteiger charge is -2.21. The van der Waals surface area contributed by atoms with Gasteiger partial charge in [0.2, 0.25) is 10.0 Å². The summed E-state index contributed by atoms with van der Waals surface area (Å²) in [7, 11) is -3.99. The van der Waals surface area contributed by atoms with E-state index in [1.165, 1.54) is 23.1 Å². The Hall–Kier alpha value is -1.38. The van der Waals surface area contributed by atoms with Crippen LogP contribution in [0.5, 0.6) is 0 Å². The molecule has 0 unspecified atom stereocenters. The molecule has 116 valence electrons. The van der Waals surface area contributed by atoms with E-state index in [4.69, 9.17) is 17.3 Å². The maximum Gasteiger partial charge on any atom is 0.314 e. The summed E-state index contributed by atoms with van der Waals surface area (Å²) in [4.78, 5) is 12.0. The summed E-state index contributed by atoms with van der Waals surface area (Å²) in [6.45, 7) is 0.811. The van der Waals surface area contributed by atoms with Gasteiger partial charge in [0, 0.05) is 26.2 Å². The highest BCUT2D eigenvalue weighted by atomic mass is 35.5. The number of benzene rings is 1. The first-order valence-corrected chi connectivity index (χ1v) is 8.14. The average Bonchev–Trinajstić information content (AvgIpc) is 2.68. The van der Waals surface area contributed by atoms with E-state index in [0.29, 0.717) is 13.0 Å². The van der Waals surface area contributed by atoms with Crippen LogP contribution in [0.15, 0.2) is 23.1 Å². The third kappa shape index (κ3) is 3.28. The summed E-state index contributed by atoms with van der Waals surface area (Å²) in [6, 6.07) is 3.25. The highest BCUT2D eigenvalue weighted by Gasteiger charge is 2.30. The summed E-state index contributed by atoms with van der Waals surface area (Å²) in [6.07, 6.45) is 0.435. The zero-order valence-corrected chi connectivity index (χ0v) is 12.7. The Morgan fingerprint density at radius 1 is 1.24 bits per heavy atom. The second-order valence-electron chi connectivity index (χ2n) is 4.63. The van der Waals surface area contributed by atoms with Crippen LogP contribution in [0.25, 0.3) is 0 Å². The molecule has 0 atom stereocenters. The normalized spacial score (nSPS) is 17.5. The molecule has 1 aromatic rings. The summed E-state index contributed by atoms with van der Waals surface area (Å²) in [5, 5.41) is -0.246. The number of rotatable bonds is 2. The number of hydrogen-bond acceptors (Lipinski definition) is 3. The molecule has 0 aromatic heterocycles. The number of nitrogens with zero attached hydrogens (tertiary/aromatic N) is 2. The highest BCUT2D eigenvalue weighted by Crippen LogP contribution is 2.25. The van der Waals surface area contributed by atoms with Gasteiger partial charge < -0.3 is 10.6 Å². The third-order valence-corrected chi connectivity index (χ3v) is 5.51. The van der Waals surface area contributed by atoms with E-state index in [0.717, 1.165) is 4.31 Å². The minimum Gasteiger partial charge on any atom is -0.351 e. The largest absolute Gasteiger partial charge is 0.351 e. The molecule has 2 amide bonds. The molecular weight excluding hydrogens is 321 g/mol. The van der Waals surface area contributed by atoms with Gasteiger partial charge in [0.1, 0.15) is 4.90 Å². The van der Waals surface area contributed by atoms with Crippen LogP contribution in [0.2, 0.25) is 5.02 Å². The van der Waals surface area contributed by atoms with E-state index >= 15 is 0 Å². The Labute approximate surface area is 127 Å². The first-order chi connectivity index (χ1) is 9.84. The fourth-order valence-corrected chi connectivity index (χ4v) is 3.96. The predicted molar refractivity (Wildman–Crippen MR) is 75.9 cm³/mol. The molecule has 9 heteroatoms. The maximum absolute atomic E-state index is 13.9. The van der Waals surface area contributed by atoms with Gasteiger partial charge in [0.15, 0.2) is 5.82 Å². The van der Waals surface area contributed by atoms with E-state index < -0.39 is 26.8 Å². The smallest absolute Gasteiger partial charge is 0.314 e. The predicted octanol–water partition coefficient (Wildman–Crippen LogP) is 1.25. The topological polar surface area (TPSA) is 83.7 Å². The van der Waals surface area contributed by atoms with Crippen molar-refractivity contribution in [2.45, 2.75) is 11.3 Å². The monoisotopic (exact) mass is 335 g/mol. The van der Waals surface area contributed by atoms with Crippen LogP contribution in [0.1, 0.15) is 6.42 Å². The first-order valence-electron chi connectivity index (χ1n) is 6.32. The van der Waals surface area contributed by atoms with Crippen LogP contribution in [0.4, 0.5) is 9.18 Å². The molecule has 2 N–H and O–H groups in total. The minimum absolute atomic E-state index is 0.0667. The number of hydrogen-bond donors (Lipinski definition) is 1. The lowest BCUT2D eigenvalue weighted by Crippen LogP contribution is -2.39. The van der Waals surface area contributed by atoms with Crippen molar-refractivity contribution in [2.75, 3.05) is 26.2 Å². The summed E-state index contributed by atoms with van der Waals surface area (Å²) >= 11 is 5.63. The van der Waals surface area contributed by atoms with E-state index in [-0.39, 0.29) is 24.7 Å². The quantitative estimate of drug-likeness (QED) is 0.883. The summed E-state index contributed by atoms with van der Waals surface area (Å²) in [5.74, 6) is -0.963. The van der Waals surface area contributed by atoms with Gasteiger partial charge >= 0.3 is 6.03 Å². The number of halogens is 2. The number of urea groups is 1. The van der Waals surface area contributed by atoms with Crippen LogP contribution in [0.3, 0.4) is 0 Å². The molecule has 0 saturated carbocycles. The van der Waals surface area contributed by atoms with Gasteiger partial charge in [-0.3, -0.25) is 0 Å². The lowest BCUT2D eigenvalue weighted by atomic mass is 10.3. The van der Waals surface area contributed by atoms with Crippen LogP contribution in [-0.2, 0) is 10.0 Å². The Balaban J connectivity index is 2.28. The second-order valence-corrected chi connectivity index (χ2v) is 6.95. The van der Waals surface area contributed by atoms with Gasteiger partial charge in [-0.05, 0) is 18.6 Å². The van der Waals surface area contributed by atoms with Gasteiger partial charge in [-0.1, -0.05) is 17.7 Å². The molecule has 2 rings (SSSR count). The van der Waals surface area contributed by atoms with E-state index in [1.807, 2.05) is 0 Å². The number of carbonyl (C=O) groups excluding carboxylic acids is 1. The molecule has 1 saturated heterocycles. The van der Waals surface area contributed by atoms with Crippen LogP contribution in [-0.4, -0.2) is 49.8 Å². The van der Waals surface area contributed by atoms with E-state index in [1.54, 1.807) is 0 Å². The molecule has 1 aromatic carbocycles. The fraction of sp³-hybridized carbons (Fsp3) is 0.417. The van der Waals surface area contributed by atoms with E-state index in [9.17, 15) is 17.6 Å². The highest BCUT2D eigenvalue weighted by molar-refractivity contribution is 7.89. The molecule has 0 radical (unpaired) electrons. The van der Waals surface area contributed by atoms with Gasteiger partial charge in [-0.25, -0.2) is 17.6 Å². The molecule has 1 heterocycles. The fourth-order valence-electron chi connectivity index (χ4n) is 2.18. The van der Waals surface area contributed by atoms with Crippen molar-refractivity contribution in [3.8, 4) is 0 Å². The Morgan fingerprint density at radius 2 is 1.95 bits per heavy atom. The molecule has 1 fully saturated rings. The number of sulfonamides is 1. The van der Waals surface area contributed by atoms with Crippen molar-refractivity contribution in [1.29, 1.82) is 0 Å². The summed E-state index contributed by atoms with van der Waals surface area (Å²) < 4.78 is 40.0. The van der Waals surface area contributed by atoms with Crippen molar-refractivity contribution < 1.29 is 17.6 Å². The molecular formula is C12H15ClFN3O3S. The van der Waals surface area contributed by atoms with Gasteiger partial charge in [0.25, 0.3) is 0 Å². The van der Waals surface area contributed by atoms with Crippen molar-refractivity contribution in [3.05, 3.63) is 29.0 Å². The second kappa shape index (κ2) is 6.17. The van der Waals surface area contributed by atoms with Crippen molar-refractivity contribution in [3.63, 3.8) is 0 Å². The molecule has 0 spiro atoms. The Kier molecular flexibility index (Phi) is 4.70. The minimum atomic E-state index is -3.99. The zero-order valence-electron chi connectivity index (χ0n) is 11.1. The van der Waals surface area contributed by atoms with Crippen LogP contribution in [0, 0.1) is 5.82 Å². The average molecular weight is 336 g/mol. The molecule has 0 bridgehead atoms. The van der Waals surface area contributed by atoms with Gasteiger partial charge in [0.05, 0.1) is 5.02 Å². The first kappa shape index (κ1) is 16.0. The number of amides is 2. The number of primary amides is 1. The van der Waals surface area contributed by atoms with Crippen LogP contribution >= 0.6 is 11.6 Å². The molecule has 6 nitrogen and oxygen atoms in total. The molecule has 0 aliphatic carbocycles. The molecule has 1 aliphatic heterocycles. The number of nitrogens with two attached hydrogens (primary N) is 1. The summed E-state index contributed by atoms with van der Waals surface area (Å²) in [5.41, 5.74) is 5.19. The van der Waals surface area contributed by atoms with Crippen molar-refractivity contribution in [1.82, 2.24) is 9.21 Å². The van der Waals surface area contributed by atoms with Crippen molar-refractivity contribution >= 4 is 27.7 Å². The van der Waals surface area contributed by atoms with Gasteiger partial charge in [-0.2, -0.15) is 4.31 Å².